The van der Waals surface area contributed by atoms with Crippen LogP contribution in [0, 0.1) is 5.92 Å². The number of rotatable bonds is 3. The monoisotopic (exact) mass is 208 g/mol. The van der Waals surface area contributed by atoms with Gasteiger partial charge in [0, 0.05) is 11.5 Å². The summed E-state index contributed by atoms with van der Waals surface area (Å²) < 4.78 is 5.02. The SMILES string of the molecule is COc1ccc(O)c([C@@H]2C[C@H]2C(=O)O)c1. The Morgan fingerprint density at radius 1 is 1.53 bits per heavy atom. The summed E-state index contributed by atoms with van der Waals surface area (Å²) in [6, 6.07) is 4.88. The molecule has 1 fully saturated rings. The van der Waals surface area contributed by atoms with Crippen LogP contribution >= 0.6 is 0 Å². The number of aliphatic carboxylic acids is 1. The summed E-state index contributed by atoms with van der Waals surface area (Å²) in [6.45, 7) is 0. The zero-order valence-electron chi connectivity index (χ0n) is 8.30. The molecule has 4 nitrogen and oxygen atoms in total. The van der Waals surface area contributed by atoms with E-state index >= 15 is 0 Å². The molecule has 1 aliphatic carbocycles. The fourth-order valence-electron chi connectivity index (χ4n) is 1.77. The first kappa shape index (κ1) is 9.83. The van der Waals surface area contributed by atoms with Gasteiger partial charge in [-0.1, -0.05) is 0 Å². The third-order valence-corrected chi connectivity index (χ3v) is 2.74. The maximum absolute atomic E-state index is 10.7. The van der Waals surface area contributed by atoms with E-state index in [-0.39, 0.29) is 17.6 Å². The molecule has 15 heavy (non-hydrogen) atoms. The van der Waals surface area contributed by atoms with Crippen LogP contribution in [0.5, 0.6) is 11.5 Å². The van der Waals surface area contributed by atoms with Crippen LogP contribution in [0.4, 0.5) is 0 Å². The van der Waals surface area contributed by atoms with Crippen molar-refractivity contribution in [2.24, 2.45) is 5.92 Å². The molecule has 2 N–H and O–H groups in total. The summed E-state index contributed by atoms with van der Waals surface area (Å²) in [5, 5.41) is 18.4. The molecular weight excluding hydrogens is 196 g/mol. The number of phenolic OH excluding ortho intramolecular Hbond substituents is 1. The molecule has 0 saturated heterocycles. The summed E-state index contributed by atoms with van der Waals surface area (Å²) in [6.07, 6.45) is 0.593. The van der Waals surface area contributed by atoms with Crippen LogP contribution in [-0.4, -0.2) is 23.3 Å². The van der Waals surface area contributed by atoms with E-state index in [1.54, 1.807) is 12.1 Å². The Kier molecular flexibility index (Phi) is 2.26. The van der Waals surface area contributed by atoms with Gasteiger partial charge in [-0.25, -0.2) is 0 Å². The number of carboxylic acids is 1. The van der Waals surface area contributed by atoms with Crippen LogP contribution in [0.1, 0.15) is 17.9 Å². The molecule has 1 aromatic carbocycles. The van der Waals surface area contributed by atoms with Gasteiger partial charge in [-0.05, 0) is 24.6 Å². The molecule has 2 rings (SSSR count). The van der Waals surface area contributed by atoms with Crippen molar-refractivity contribution in [3.8, 4) is 11.5 Å². The van der Waals surface area contributed by atoms with Crippen LogP contribution < -0.4 is 4.74 Å². The van der Waals surface area contributed by atoms with Crippen LogP contribution in [0.2, 0.25) is 0 Å². The lowest BCUT2D eigenvalue weighted by atomic mass is 10.1. The zero-order valence-corrected chi connectivity index (χ0v) is 8.30. The molecule has 0 radical (unpaired) electrons. The maximum atomic E-state index is 10.7. The second-order valence-electron chi connectivity index (χ2n) is 3.71. The van der Waals surface area contributed by atoms with Crippen molar-refractivity contribution < 1.29 is 19.7 Å². The molecule has 0 unspecified atom stereocenters. The lowest BCUT2D eigenvalue weighted by Gasteiger charge is -2.05. The molecular formula is C11H12O4. The van der Waals surface area contributed by atoms with Crippen molar-refractivity contribution in [2.75, 3.05) is 7.11 Å². The van der Waals surface area contributed by atoms with Gasteiger partial charge in [0.25, 0.3) is 0 Å². The van der Waals surface area contributed by atoms with Crippen LogP contribution in [0.25, 0.3) is 0 Å². The number of carbonyl (C=O) groups is 1. The van der Waals surface area contributed by atoms with Crippen LogP contribution in [-0.2, 0) is 4.79 Å². The molecule has 0 heterocycles. The van der Waals surface area contributed by atoms with E-state index in [0.717, 1.165) is 0 Å². The number of phenols is 1. The minimum absolute atomic E-state index is 0.0717. The van der Waals surface area contributed by atoms with Gasteiger partial charge in [0.2, 0.25) is 0 Å². The predicted molar refractivity (Wildman–Crippen MR) is 53.1 cm³/mol. The van der Waals surface area contributed by atoms with Crippen LogP contribution in [0.3, 0.4) is 0 Å². The summed E-state index contributed by atoms with van der Waals surface area (Å²) in [4.78, 5) is 10.7. The Morgan fingerprint density at radius 2 is 2.27 bits per heavy atom. The molecule has 1 aromatic rings. The molecule has 0 aliphatic heterocycles. The standard InChI is InChI=1S/C11H12O4/c1-15-6-2-3-10(12)8(4-6)7-5-9(7)11(13)14/h2-4,7,9,12H,5H2,1H3,(H,13,14)/t7-,9+/m0/s1. The highest BCUT2D eigenvalue weighted by atomic mass is 16.5. The van der Waals surface area contributed by atoms with Gasteiger partial charge in [-0.3, -0.25) is 4.79 Å². The Morgan fingerprint density at radius 3 is 2.80 bits per heavy atom. The molecule has 1 aliphatic rings. The fraction of sp³-hybridized carbons (Fsp3) is 0.364. The van der Waals surface area contributed by atoms with E-state index in [2.05, 4.69) is 0 Å². The van der Waals surface area contributed by atoms with E-state index in [4.69, 9.17) is 9.84 Å². The smallest absolute Gasteiger partial charge is 0.307 e. The summed E-state index contributed by atoms with van der Waals surface area (Å²) >= 11 is 0. The number of aromatic hydroxyl groups is 1. The second-order valence-corrected chi connectivity index (χ2v) is 3.71. The van der Waals surface area contributed by atoms with Gasteiger partial charge in [0.15, 0.2) is 0 Å². The molecule has 0 spiro atoms. The zero-order chi connectivity index (χ0) is 11.0. The normalized spacial score (nSPS) is 23.5. The number of methoxy groups -OCH3 is 1. The summed E-state index contributed by atoms with van der Waals surface area (Å²) in [7, 11) is 1.54. The Hall–Kier alpha value is -1.71. The number of hydrogen-bond donors (Lipinski definition) is 2. The average Bonchev–Trinajstić information content (AvgIpc) is 2.98. The fourth-order valence-corrected chi connectivity index (χ4v) is 1.77. The second kappa shape index (κ2) is 3.46. The van der Waals surface area contributed by atoms with E-state index in [1.807, 2.05) is 0 Å². The Labute approximate surface area is 87.1 Å². The molecule has 1 saturated carbocycles. The van der Waals surface area contributed by atoms with Crippen molar-refractivity contribution in [3.63, 3.8) is 0 Å². The molecule has 2 atom stereocenters. The van der Waals surface area contributed by atoms with E-state index in [9.17, 15) is 9.90 Å². The third kappa shape index (κ3) is 1.75. The Balaban J connectivity index is 2.25. The van der Waals surface area contributed by atoms with Gasteiger partial charge in [-0.2, -0.15) is 0 Å². The Bertz CT molecular complexity index is 400. The number of benzene rings is 1. The lowest BCUT2D eigenvalue weighted by molar-refractivity contribution is -0.138. The van der Waals surface area contributed by atoms with E-state index in [1.165, 1.54) is 13.2 Å². The number of ether oxygens (including phenoxy) is 1. The van der Waals surface area contributed by atoms with Gasteiger partial charge >= 0.3 is 5.97 Å². The van der Waals surface area contributed by atoms with Crippen molar-refractivity contribution in [1.29, 1.82) is 0 Å². The van der Waals surface area contributed by atoms with Gasteiger partial charge in [-0.15, -0.1) is 0 Å². The quantitative estimate of drug-likeness (QED) is 0.791. The minimum atomic E-state index is -0.804. The number of hydrogen-bond acceptors (Lipinski definition) is 3. The minimum Gasteiger partial charge on any atom is -0.508 e. The largest absolute Gasteiger partial charge is 0.508 e. The van der Waals surface area contributed by atoms with E-state index < -0.39 is 5.97 Å². The molecule has 0 aromatic heterocycles. The summed E-state index contributed by atoms with van der Waals surface area (Å²) in [5.74, 6) is -0.453. The predicted octanol–water partition coefficient (Wildman–Crippen LogP) is 1.59. The number of carboxylic acid groups (broad SMARTS) is 1. The first-order chi connectivity index (χ1) is 7.13. The van der Waals surface area contributed by atoms with E-state index in [0.29, 0.717) is 17.7 Å². The maximum Gasteiger partial charge on any atom is 0.307 e. The highest BCUT2D eigenvalue weighted by molar-refractivity contribution is 5.75. The lowest BCUT2D eigenvalue weighted by Crippen LogP contribution is -1.99. The highest BCUT2D eigenvalue weighted by Gasteiger charge is 2.45. The van der Waals surface area contributed by atoms with Gasteiger partial charge in [0.05, 0.1) is 13.0 Å². The van der Waals surface area contributed by atoms with Crippen molar-refractivity contribution in [1.82, 2.24) is 0 Å². The van der Waals surface area contributed by atoms with Crippen molar-refractivity contribution in [3.05, 3.63) is 23.8 Å². The molecule has 0 bridgehead atoms. The van der Waals surface area contributed by atoms with Crippen LogP contribution in [0.15, 0.2) is 18.2 Å². The molecule has 4 heteroatoms. The van der Waals surface area contributed by atoms with Gasteiger partial charge in [0.1, 0.15) is 11.5 Å². The first-order valence-corrected chi connectivity index (χ1v) is 4.73. The first-order valence-electron chi connectivity index (χ1n) is 4.73. The highest BCUT2D eigenvalue weighted by Crippen LogP contribution is 2.50. The topological polar surface area (TPSA) is 66.8 Å². The average molecular weight is 208 g/mol. The van der Waals surface area contributed by atoms with Crippen molar-refractivity contribution in [2.45, 2.75) is 12.3 Å². The molecule has 80 valence electrons. The third-order valence-electron chi connectivity index (χ3n) is 2.74. The molecule has 0 amide bonds. The van der Waals surface area contributed by atoms with Crippen molar-refractivity contribution >= 4 is 5.97 Å². The van der Waals surface area contributed by atoms with Gasteiger partial charge < -0.3 is 14.9 Å². The summed E-state index contributed by atoms with van der Waals surface area (Å²) in [5.41, 5.74) is 0.668.